The Morgan fingerprint density at radius 2 is 1.92 bits per heavy atom. The second-order valence-electron chi connectivity index (χ2n) is 4.52. The van der Waals surface area contributed by atoms with Crippen LogP contribution in [-0.2, 0) is 4.79 Å². The molecule has 1 heterocycles. The molecule has 2 aliphatic rings. The van der Waals surface area contributed by atoms with Crippen LogP contribution in [0, 0.1) is 11.8 Å². The van der Waals surface area contributed by atoms with Crippen LogP contribution in [0.3, 0.4) is 0 Å². The predicted octanol–water partition coefficient (Wildman–Crippen LogP) is 1.70. The lowest BCUT2D eigenvalue weighted by atomic mass is 9.75. The van der Waals surface area contributed by atoms with E-state index in [4.69, 9.17) is 0 Å². The topological polar surface area (TPSA) is 20.3 Å². The first kappa shape index (κ1) is 9.20. The maximum atomic E-state index is 10.4. The van der Waals surface area contributed by atoms with E-state index in [2.05, 4.69) is 4.90 Å². The van der Waals surface area contributed by atoms with E-state index in [1.54, 1.807) is 0 Å². The minimum absolute atomic E-state index is 0.656. The smallest absolute Gasteiger partial charge is 0.133 e. The van der Waals surface area contributed by atoms with E-state index in [0.717, 1.165) is 24.7 Å². The number of likely N-dealkylation sites (tertiary alicyclic amines) is 1. The van der Waals surface area contributed by atoms with Crippen molar-refractivity contribution in [3.8, 4) is 0 Å². The molecule has 0 N–H and O–H groups in total. The summed E-state index contributed by atoms with van der Waals surface area (Å²) in [5.41, 5.74) is 0. The summed E-state index contributed by atoms with van der Waals surface area (Å²) >= 11 is 0. The Morgan fingerprint density at radius 1 is 1.15 bits per heavy atom. The van der Waals surface area contributed by atoms with E-state index in [1.807, 2.05) is 0 Å². The fourth-order valence-corrected chi connectivity index (χ4v) is 2.95. The number of fused-ring (bicyclic) bond motifs is 1. The molecular formula is C11H19NO. The predicted molar refractivity (Wildman–Crippen MR) is 52.6 cm³/mol. The molecule has 2 atom stereocenters. The maximum absolute atomic E-state index is 10.4. The summed E-state index contributed by atoms with van der Waals surface area (Å²) in [6.45, 7) is 2.99. The van der Waals surface area contributed by atoms with Crippen LogP contribution in [0.1, 0.15) is 32.1 Å². The number of carbonyl (C=O) groups excluding carboxylic acids is 1. The Kier molecular flexibility index (Phi) is 2.99. The maximum Gasteiger partial charge on any atom is 0.133 e. The molecule has 0 bridgehead atoms. The van der Waals surface area contributed by atoms with E-state index in [-0.39, 0.29) is 0 Å². The summed E-state index contributed by atoms with van der Waals surface area (Å²) in [6, 6.07) is 0. The molecule has 2 fully saturated rings. The molecule has 74 valence electrons. The van der Waals surface area contributed by atoms with E-state index in [1.165, 1.54) is 38.6 Å². The van der Waals surface area contributed by atoms with Gasteiger partial charge in [-0.3, -0.25) is 4.90 Å². The van der Waals surface area contributed by atoms with Gasteiger partial charge < -0.3 is 4.79 Å². The van der Waals surface area contributed by atoms with Crippen LogP contribution >= 0.6 is 0 Å². The molecule has 1 saturated heterocycles. The Bertz CT molecular complexity index is 181. The Hall–Kier alpha value is -0.370. The van der Waals surface area contributed by atoms with Gasteiger partial charge in [-0.15, -0.1) is 0 Å². The van der Waals surface area contributed by atoms with Crippen molar-refractivity contribution in [2.24, 2.45) is 11.8 Å². The SMILES string of the molecule is O=CCN1CCC2CCCCC2C1. The van der Waals surface area contributed by atoms with Crippen LogP contribution in [0.2, 0.25) is 0 Å². The Labute approximate surface area is 80.3 Å². The average Bonchev–Trinajstić information content (AvgIpc) is 2.18. The third-order valence-electron chi connectivity index (χ3n) is 3.71. The normalized spacial score (nSPS) is 35.4. The van der Waals surface area contributed by atoms with Crippen LogP contribution < -0.4 is 0 Å². The minimum Gasteiger partial charge on any atom is -0.302 e. The highest BCUT2D eigenvalue weighted by atomic mass is 16.1. The van der Waals surface area contributed by atoms with Crippen molar-refractivity contribution in [3.63, 3.8) is 0 Å². The quantitative estimate of drug-likeness (QED) is 0.604. The standard InChI is InChI=1S/C11H19NO/c13-8-7-12-6-5-10-3-1-2-4-11(10)9-12/h8,10-11H,1-7,9H2. The number of hydrogen-bond donors (Lipinski definition) is 0. The molecule has 2 rings (SSSR count). The number of hydrogen-bond acceptors (Lipinski definition) is 2. The lowest BCUT2D eigenvalue weighted by Crippen LogP contribution is -2.42. The molecule has 1 saturated carbocycles. The molecule has 0 amide bonds. The average molecular weight is 181 g/mol. The molecule has 2 unspecified atom stereocenters. The van der Waals surface area contributed by atoms with Gasteiger partial charge in [0.2, 0.25) is 0 Å². The fraction of sp³-hybridized carbons (Fsp3) is 0.909. The highest BCUT2D eigenvalue weighted by molar-refractivity contribution is 5.51. The minimum atomic E-state index is 0.656. The third-order valence-corrected chi connectivity index (χ3v) is 3.71. The summed E-state index contributed by atoms with van der Waals surface area (Å²) in [5.74, 6) is 1.89. The number of carbonyl (C=O) groups is 1. The number of rotatable bonds is 2. The van der Waals surface area contributed by atoms with Crippen molar-refractivity contribution >= 4 is 6.29 Å². The van der Waals surface area contributed by atoms with Crippen LogP contribution in [0.25, 0.3) is 0 Å². The molecule has 0 aromatic heterocycles. The van der Waals surface area contributed by atoms with Gasteiger partial charge in [0.25, 0.3) is 0 Å². The Balaban J connectivity index is 1.87. The highest BCUT2D eigenvalue weighted by Crippen LogP contribution is 2.35. The molecular weight excluding hydrogens is 162 g/mol. The molecule has 0 aromatic rings. The summed E-state index contributed by atoms with van der Waals surface area (Å²) in [6.07, 6.45) is 8.08. The van der Waals surface area contributed by atoms with Crippen LogP contribution in [0.5, 0.6) is 0 Å². The van der Waals surface area contributed by atoms with Crippen LogP contribution in [-0.4, -0.2) is 30.8 Å². The zero-order valence-corrected chi connectivity index (χ0v) is 8.24. The zero-order valence-electron chi connectivity index (χ0n) is 8.24. The van der Waals surface area contributed by atoms with E-state index < -0.39 is 0 Å². The van der Waals surface area contributed by atoms with Crippen molar-refractivity contribution < 1.29 is 4.79 Å². The summed E-state index contributed by atoms with van der Waals surface area (Å²) in [4.78, 5) is 12.7. The fourth-order valence-electron chi connectivity index (χ4n) is 2.95. The first-order valence-corrected chi connectivity index (χ1v) is 5.56. The molecule has 2 nitrogen and oxygen atoms in total. The molecule has 2 heteroatoms. The molecule has 13 heavy (non-hydrogen) atoms. The van der Waals surface area contributed by atoms with Crippen LogP contribution in [0.4, 0.5) is 0 Å². The number of nitrogens with zero attached hydrogens (tertiary/aromatic N) is 1. The Morgan fingerprint density at radius 3 is 2.69 bits per heavy atom. The first-order chi connectivity index (χ1) is 6.40. The third kappa shape index (κ3) is 2.11. The van der Waals surface area contributed by atoms with Gasteiger partial charge in [0.15, 0.2) is 0 Å². The lowest BCUT2D eigenvalue weighted by Gasteiger charge is -2.40. The van der Waals surface area contributed by atoms with Crippen molar-refractivity contribution in [1.82, 2.24) is 4.90 Å². The lowest BCUT2D eigenvalue weighted by molar-refractivity contribution is -0.109. The second kappa shape index (κ2) is 4.23. The zero-order chi connectivity index (χ0) is 9.10. The van der Waals surface area contributed by atoms with Gasteiger partial charge in [-0.25, -0.2) is 0 Å². The number of piperidine rings is 1. The van der Waals surface area contributed by atoms with Gasteiger partial charge in [0, 0.05) is 6.54 Å². The monoisotopic (exact) mass is 181 g/mol. The molecule has 0 aromatic carbocycles. The van der Waals surface area contributed by atoms with Crippen molar-refractivity contribution in [2.45, 2.75) is 32.1 Å². The summed E-state index contributed by atoms with van der Waals surface area (Å²) < 4.78 is 0. The molecule has 1 aliphatic heterocycles. The van der Waals surface area contributed by atoms with Gasteiger partial charge in [-0.1, -0.05) is 19.3 Å². The second-order valence-corrected chi connectivity index (χ2v) is 4.52. The van der Waals surface area contributed by atoms with Gasteiger partial charge in [0.05, 0.1) is 6.54 Å². The van der Waals surface area contributed by atoms with Crippen molar-refractivity contribution in [3.05, 3.63) is 0 Å². The first-order valence-electron chi connectivity index (χ1n) is 5.56. The van der Waals surface area contributed by atoms with E-state index in [9.17, 15) is 4.79 Å². The molecule has 1 aliphatic carbocycles. The van der Waals surface area contributed by atoms with Gasteiger partial charge in [0.1, 0.15) is 6.29 Å². The van der Waals surface area contributed by atoms with Crippen LogP contribution in [0.15, 0.2) is 0 Å². The van der Waals surface area contributed by atoms with Crippen molar-refractivity contribution in [1.29, 1.82) is 0 Å². The van der Waals surface area contributed by atoms with Gasteiger partial charge in [-0.05, 0) is 31.2 Å². The van der Waals surface area contributed by atoms with Crippen molar-refractivity contribution in [2.75, 3.05) is 19.6 Å². The van der Waals surface area contributed by atoms with Gasteiger partial charge in [-0.2, -0.15) is 0 Å². The largest absolute Gasteiger partial charge is 0.302 e. The molecule has 0 radical (unpaired) electrons. The number of aldehydes is 1. The van der Waals surface area contributed by atoms with Gasteiger partial charge >= 0.3 is 0 Å². The molecule has 0 spiro atoms. The summed E-state index contributed by atoms with van der Waals surface area (Å²) in [7, 11) is 0. The van der Waals surface area contributed by atoms with E-state index >= 15 is 0 Å². The van der Waals surface area contributed by atoms with E-state index in [0.29, 0.717) is 6.54 Å². The highest BCUT2D eigenvalue weighted by Gasteiger charge is 2.30. The summed E-state index contributed by atoms with van der Waals surface area (Å²) in [5, 5.41) is 0.